The van der Waals surface area contributed by atoms with Crippen molar-refractivity contribution in [2.24, 2.45) is 16.7 Å². The quantitative estimate of drug-likeness (QED) is 0.752. The van der Waals surface area contributed by atoms with Crippen LogP contribution in [0, 0.1) is 16.7 Å². The summed E-state index contributed by atoms with van der Waals surface area (Å²) in [6.45, 7) is 12.1. The van der Waals surface area contributed by atoms with Crippen LogP contribution in [0.25, 0.3) is 0 Å². The Morgan fingerprint density at radius 2 is 1.65 bits per heavy atom. The molecule has 4 nitrogen and oxygen atoms in total. The topological polar surface area (TPSA) is 66.4 Å². The molecule has 0 rings (SSSR count). The molecule has 0 spiro atoms. The van der Waals surface area contributed by atoms with Gasteiger partial charge in [0.2, 0.25) is 5.91 Å². The van der Waals surface area contributed by atoms with E-state index in [-0.39, 0.29) is 17.7 Å². The maximum atomic E-state index is 11.7. The van der Waals surface area contributed by atoms with E-state index >= 15 is 0 Å². The van der Waals surface area contributed by atoms with E-state index in [9.17, 15) is 9.59 Å². The molecule has 0 radical (unpaired) electrons. The summed E-state index contributed by atoms with van der Waals surface area (Å²) in [5, 5.41) is 11.7. The Labute approximate surface area is 104 Å². The third kappa shape index (κ3) is 5.20. The Balaban J connectivity index is 4.27. The fourth-order valence-electron chi connectivity index (χ4n) is 1.07. The molecule has 1 amide bonds. The van der Waals surface area contributed by atoms with E-state index in [0.29, 0.717) is 12.5 Å². The Bertz CT molecular complexity index is 293. The van der Waals surface area contributed by atoms with Gasteiger partial charge in [0.1, 0.15) is 0 Å². The number of carboxylic acid groups (broad SMARTS) is 1. The Hall–Kier alpha value is -1.06. The molecule has 0 aromatic heterocycles. The van der Waals surface area contributed by atoms with Crippen LogP contribution in [0.5, 0.6) is 0 Å². The van der Waals surface area contributed by atoms with Crippen LogP contribution in [-0.4, -0.2) is 23.5 Å². The van der Waals surface area contributed by atoms with Gasteiger partial charge in [-0.25, -0.2) is 0 Å². The summed E-state index contributed by atoms with van der Waals surface area (Å²) in [4.78, 5) is 22.5. The van der Waals surface area contributed by atoms with E-state index < -0.39 is 11.4 Å². The van der Waals surface area contributed by atoms with Gasteiger partial charge in [0, 0.05) is 13.0 Å². The fraction of sp³-hybridized carbons (Fsp3) is 0.846. The average molecular weight is 243 g/mol. The SMILES string of the molecule is CC(C)C(C)(C)CNC(=O)CC(C)(C)C(=O)O. The van der Waals surface area contributed by atoms with E-state index in [4.69, 9.17) is 5.11 Å². The molecule has 0 unspecified atom stereocenters. The summed E-state index contributed by atoms with van der Waals surface area (Å²) in [6, 6.07) is 0. The molecule has 0 aliphatic carbocycles. The molecule has 100 valence electrons. The molecule has 2 N–H and O–H groups in total. The van der Waals surface area contributed by atoms with E-state index in [1.165, 1.54) is 0 Å². The zero-order chi connectivity index (χ0) is 13.9. The lowest BCUT2D eigenvalue weighted by Crippen LogP contribution is -2.39. The van der Waals surface area contributed by atoms with Gasteiger partial charge in [0.15, 0.2) is 0 Å². The molecular formula is C13H25NO3. The molecule has 0 aromatic carbocycles. The first-order chi connectivity index (χ1) is 7.49. The molecule has 0 saturated carbocycles. The van der Waals surface area contributed by atoms with Crippen LogP contribution >= 0.6 is 0 Å². The lowest BCUT2D eigenvalue weighted by Gasteiger charge is -2.30. The number of hydrogen-bond donors (Lipinski definition) is 2. The molecule has 0 aliphatic heterocycles. The van der Waals surface area contributed by atoms with E-state index in [1.54, 1.807) is 13.8 Å². The normalized spacial score (nSPS) is 12.6. The number of carbonyl (C=O) groups excluding carboxylic acids is 1. The molecule has 4 heteroatoms. The van der Waals surface area contributed by atoms with Gasteiger partial charge in [0.25, 0.3) is 0 Å². The Kier molecular flexibility index (Phi) is 5.17. The van der Waals surface area contributed by atoms with Crippen molar-refractivity contribution in [1.29, 1.82) is 0 Å². The molecule has 0 atom stereocenters. The Morgan fingerprint density at radius 1 is 1.18 bits per heavy atom. The largest absolute Gasteiger partial charge is 0.481 e. The highest BCUT2D eigenvalue weighted by Crippen LogP contribution is 2.25. The van der Waals surface area contributed by atoms with Crippen LogP contribution in [0.15, 0.2) is 0 Å². The van der Waals surface area contributed by atoms with E-state index in [1.807, 2.05) is 0 Å². The van der Waals surface area contributed by atoms with Crippen molar-refractivity contribution >= 4 is 11.9 Å². The van der Waals surface area contributed by atoms with Crippen molar-refractivity contribution in [2.45, 2.75) is 48.0 Å². The standard InChI is InChI=1S/C13H25NO3/c1-9(2)13(5,6)8-14-10(15)7-12(3,4)11(16)17/h9H,7-8H2,1-6H3,(H,14,15)(H,16,17). The van der Waals surface area contributed by atoms with Gasteiger partial charge in [-0.05, 0) is 25.2 Å². The van der Waals surface area contributed by atoms with Gasteiger partial charge in [0.05, 0.1) is 5.41 Å². The predicted octanol–water partition coefficient (Wildman–Crippen LogP) is 2.29. The highest BCUT2D eigenvalue weighted by atomic mass is 16.4. The number of rotatable bonds is 6. The van der Waals surface area contributed by atoms with Gasteiger partial charge in [-0.3, -0.25) is 9.59 Å². The number of aliphatic carboxylic acids is 1. The number of carboxylic acids is 1. The van der Waals surface area contributed by atoms with Crippen LogP contribution in [0.1, 0.15) is 48.0 Å². The smallest absolute Gasteiger partial charge is 0.309 e. The summed E-state index contributed by atoms with van der Waals surface area (Å²) in [6.07, 6.45) is 0.0104. The number of nitrogens with one attached hydrogen (secondary N) is 1. The first-order valence-corrected chi connectivity index (χ1v) is 5.99. The van der Waals surface area contributed by atoms with Gasteiger partial charge >= 0.3 is 5.97 Å². The minimum atomic E-state index is -1.01. The molecule has 0 saturated heterocycles. The Morgan fingerprint density at radius 3 is 2.00 bits per heavy atom. The highest BCUT2D eigenvalue weighted by Gasteiger charge is 2.31. The van der Waals surface area contributed by atoms with E-state index in [2.05, 4.69) is 33.0 Å². The molecule has 0 aliphatic rings. The maximum absolute atomic E-state index is 11.7. The first-order valence-electron chi connectivity index (χ1n) is 5.99. The second-order valence-corrected chi connectivity index (χ2v) is 6.29. The van der Waals surface area contributed by atoms with Crippen LogP contribution in [-0.2, 0) is 9.59 Å². The lowest BCUT2D eigenvalue weighted by molar-refractivity contribution is -0.149. The molecule has 0 heterocycles. The summed E-state index contributed by atoms with van der Waals surface area (Å²) in [7, 11) is 0. The second kappa shape index (κ2) is 5.52. The van der Waals surface area contributed by atoms with Crippen molar-refractivity contribution in [2.75, 3.05) is 6.54 Å². The predicted molar refractivity (Wildman–Crippen MR) is 67.7 cm³/mol. The lowest BCUT2D eigenvalue weighted by atomic mass is 9.81. The molecule has 17 heavy (non-hydrogen) atoms. The molecule has 0 bridgehead atoms. The highest BCUT2D eigenvalue weighted by molar-refractivity contribution is 5.84. The fourth-order valence-corrected chi connectivity index (χ4v) is 1.07. The summed E-state index contributed by atoms with van der Waals surface area (Å²) < 4.78 is 0. The van der Waals surface area contributed by atoms with Gasteiger partial charge < -0.3 is 10.4 Å². The summed E-state index contributed by atoms with van der Waals surface area (Å²) >= 11 is 0. The number of carbonyl (C=O) groups is 2. The van der Waals surface area contributed by atoms with Crippen LogP contribution in [0.4, 0.5) is 0 Å². The van der Waals surface area contributed by atoms with Crippen molar-refractivity contribution in [3.05, 3.63) is 0 Å². The third-order valence-corrected chi connectivity index (χ3v) is 3.49. The average Bonchev–Trinajstić information content (AvgIpc) is 2.13. The zero-order valence-electron chi connectivity index (χ0n) is 11.8. The van der Waals surface area contributed by atoms with E-state index in [0.717, 1.165) is 0 Å². The van der Waals surface area contributed by atoms with Gasteiger partial charge in [-0.1, -0.05) is 27.7 Å². The zero-order valence-corrected chi connectivity index (χ0v) is 11.8. The minimum absolute atomic E-state index is 0.0104. The minimum Gasteiger partial charge on any atom is -0.481 e. The van der Waals surface area contributed by atoms with Gasteiger partial charge in [-0.15, -0.1) is 0 Å². The van der Waals surface area contributed by atoms with Gasteiger partial charge in [-0.2, -0.15) is 0 Å². The first kappa shape index (κ1) is 15.9. The second-order valence-electron chi connectivity index (χ2n) is 6.29. The molecule has 0 fully saturated rings. The maximum Gasteiger partial charge on any atom is 0.309 e. The third-order valence-electron chi connectivity index (χ3n) is 3.49. The van der Waals surface area contributed by atoms with Crippen LogP contribution in [0.3, 0.4) is 0 Å². The van der Waals surface area contributed by atoms with Crippen molar-refractivity contribution in [3.8, 4) is 0 Å². The summed E-state index contributed by atoms with van der Waals surface area (Å²) in [5.41, 5.74) is -0.991. The van der Waals surface area contributed by atoms with Crippen LogP contribution in [0.2, 0.25) is 0 Å². The van der Waals surface area contributed by atoms with Crippen molar-refractivity contribution in [3.63, 3.8) is 0 Å². The number of hydrogen-bond acceptors (Lipinski definition) is 2. The van der Waals surface area contributed by atoms with Crippen molar-refractivity contribution < 1.29 is 14.7 Å². The monoisotopic (exact) mass is 243 g/mol. The molecular weight excluding hydrogens is 218 g/mol. The molecule has 0 aromatic rings. The van der Waals surface area contributed by atoms with Crippen LogP contribution < -0.4 is 5.32 Å². The summed E-state index contributed by atoms with van der Waals surface area (Å²) in [5.74, 6) is -0.697. The van der Waals surface area contributed by atoms with Crippen molar-refractivity contribution in [1.82, 2.24) is 5.32 Å². The number of amides is 1.